The zero-order chi connectivity index (χ0) is 11.2. The molecular formula is C14H28N2. The van der Waals surface area contributed by atoms with Crippen molar-refractivity contribution >= 4 is 0 Å². The van der Waals surface area contributed by atoms with Crippen LogP contribution in [0.1, 0.15) is 58.3 Å². The normalized spacial score (nSPS) is 30.9. The van der Waals surface area contributed by atoms with Crippen molar-refractivity contribution in [2.24, 2.45) is 5.92 Å². The number of rotatable bonds is 3. The van der Waals surface area contributed by atoms with Crippen LogP contribution in [0.3, 0.4) is 0 Å². The molecule has 2 aliphatic rings. The summed E-state index contributed by atoms with van der Waals surface area (Å²) in [6, 6.07) is 1.51. The highest BCUT2D eigenvalue weighted by atomic mass is 15.0. The largest absolute Gasteiger partial charge is 0.317 e. The summed E-state index contributed by atoms with van der Waals surface area (Å²) in [4.78, 5) is 0. The average molecular weight is 224 g/mol. The molecule has 16 heavy (non-hydrogen) atoms. The van der Waals surface area contributed by atoms with E-state index < -0.39 is 0 Å². The van der Waals surface area contributed by atoms with E-state index in [1.165, 1.54) is 64.5 Å². The van der Waals surface area contributed by atoms with E-state index in [0.717, 1.165) is 18.0 Å². The predicted octanol–water partition coefficient (Wildman–Crippen LogP) is 2.69. The first-order chi connectivity index (χ1) is 7.86. The van der Waals surface area contributed by atoms with Gasteiger partial charge in [-0.25, -0.2) is 0 Å². The van der Waals surface area contributed by atoms with Crippen molar-refractivity contribution in [3.05, 3.63) is 0 Å². The lowest BCUT2D eigenvalue weighted by atomic mass is 9.84. The van der Waals surface area contributed by atoms with Crippen molar-refractivity contribution in [3.63, 3.8) is 0 Å². The fraction of sp³-hybridized carbons (Fsp3) is 1.00. The standard InChI is InChI=1S/C14H28N2/c1-12(13-6-3-2-4-7-13)16-14-8-5-10-15-11-9-14/h12-16H,2-11H2,1H3. The van der Waals surface area contributed by atoms with Crippen LogP contribution in [0.25, 0.3) is 0 Å². The van der Waals surface area contributed by atoms with Crippen molar-refractivity contribution in [1.82, 2.24) is 10.6 Å². The van der Waals surface area contributed by atoms with Gasteiger partial charge in [0, 0.05) is 12.1 Å². The molecule has 0 aromatic rings. The van der Waals surface area contributed by atoms with Crippen LogP contribution in [0.2, 0.25) is 0 Å². The third-order valence-corrected chi connectivity index (χ3v) is 4.43. The van der Waals surface area contributed by atoms with Crippen LogP contribution in [0.5, 0.6) is 0 Å². The zero-order valence-electron chi connectivity index (χ0n) is 10.8. The van der Waals surface area contributed by atoms with E-state index >= 15 is 0 Å². The fourth-order valence-electron chi connectivity index (χ4n) is 3.33. The summed E-state index contributed by atoms with van der Waals surface area (Å²) in [6.07, 6.45) is 11.3. The second-order valence-corrected chi connectivity index (χ2v) is 5.73. The van der Waals surface area contributed by atoms with E-state index in [4.69, 9.17) is 0 Å². The molecule has 2 N–H and O–H groups in total. The van der Waals surface area contributed by atoms with Gasteiger partial charge in [-0.15, -0.1) is 0 Å². The summed E-state index contributed by atoms with van der Waals surface area (Å²) in [5.74, 6) is 0.949. The lowest BCUT2D eigenvalue weighted by Gasteiger charge is -2.31. The molecule has 2 unspecified atom stereocenters. The lowest BCUT2D eigenvalue weighted by Crippen LogP contribution is -2.42. The summed E-state index contributed by atoms with van der Waals surface area (Å²) < 4.78 is 0. The first-order valence-corrected chi connectivity index (χ1v) is 7.33. The molecular weight excluding hydrogens is 196 g/mol. The maximum absolute atomic E-state index is 3.89. The van der Waals surface area contributed by atoms with Crippen LogP contribution in [-0.2, 0) is 0 Å². The van der Waals surface area contributed by atoms with Gasteiger partial charge >= 0.3 is 0 Å². The Balaban J connectivity index is 1.73. The maximum atomic E-state index is 3.89. The molecule has 0 spiro atoms. The van der Waals surface area contributed by atoms with Crippen LogP contribution in [0.15, 0.2) is 0 Å². The van der Waals surface area contributed by atoms with Crippen LogP contribution in [0, 0.1) is 5.92 Å². The molecule has 1 saturated carbocycles. The Morgan fingerprint density at radius 2 is 1.75 bits per heavy atom. The molecule has 2 rings (SSSR count). The molecule has 0 bridgehead atoms. The molecule has 0 amide bonds. The fourth-order valence-corrected chi connectivity index (χ4v) is 3.33. The van der Waals surface area contributed by atoms with Gasteiger partial charge in [-0.2, -0.15) is 0 Å². The zero-order valence-corrected chi connectivity index (χ0v) is 10.8. The second kappa shape index (κ2) is 6.61. The highest BCUT2D eigenvalue weighted by Crippen LogP contribution is 2.26. The summed E-state index contributed by atoms with van der Waals surface area (Å²) in [5, 5.41) is 7.38. The minimum atomic E-state index is 0.739. The van der Waals surface area contributed by atoms with E-state index in [1.807, 2.05) is 0 Å². The van der Waals surface area contributed by atoms with Gasteiger partial charge in [-0.1, -0.05) is 19.3 Å². The summed E-state index contributed by atoms with van der Waals surface area (Å²) >= 11 is 0. The van der Waals surface area contributed by atoms with Gasteiger partial charge in [0.2, 0.25) is 0 Å². The molecule has 94 valence electrons. The van der Waals surface area contributed by atoms with E-state index in [1.54, 1.807) is 0 Å². The monoisotopic (exact) mass is 224 g/mol. The minimum absolute atomic E-state index is 0.739. The SMILES string of the molecule is CC(NC1CCCNCC1)C1CCCCC1. The number of nitrogens with one attached hydrogen (secondary N) is 2. The molecule has 2 heteroatoms. The van der Waals surface area contributed by atoms with Crippen LogP contribution < -0.4 is 10.6 Å². The smallest absolute Gasteiger partial charge is 0.00822 e. The summed E-state index contributed by atoms with van der Waals surface area (Å²) in [7, 11) is 0. The number of hydrogen-bond acceptors (Lipinski definition) is 2. The molecule has 2 fully saturated rings. The van der Waals surface area contributed by atoms with Gasteiger partial charge < -0.3 is 10.6 Å². The summed E-state index contributed by atoms with van der Waals surface area (Å²) in [5.41, 5.74) is 0. The van der Waals surface area contributed by atoms with E-state index in [9.17, 15) is 0 Å². The van der Waals surface area contributed by atoms with Crippen molar-refractivity contribution < 1.29 is 0 Å². The Kier molecular flexibility index (Phi) is 5.11. The average Bonchev–Trinajstić information content (AvgIpc) is 2.59. The Hall–Kier alpha value is -0.0800. The molecule has 0 aromatic carbocycles. The van der Waals surface area contributed by atoms with Crippen molar-refractivity contribution in [2.75, 3.05) is 13.1 Å². The summed E-state index contributed by atoms with van der Waals surface area (Å²) in [6.45, 7) is 4.83. The van der Waals surface area contributed by atoms with E-state index in [-0.39, 0.29) is 0 Å². The molecule has 1 aliphatic heterocycles. The van der Waals surface area contributed by atoms with Gasteiger partial charge in [0.15, 0.2) is 0 Å². The quantitative estimate of drug-likeness (QED) is 0.770. The van der Waals surface area contributed by atoms with Crippen molar-refractivity contribution in [3.8, 4) is 0 Å². The second-order valence-electron chi connectivity index (χ2n) is 5.73. The van der Waals surface area contributed by atoms with Crippen LogP contribution in [-0.4, -0.2) is 25.2 Å². The predicted molar refractivity (Wildman–Crippen MR) is 69.7 cm³/mol. The first-order valence-electron chi connectivity index (χ1n) is 7.33. The molecule has 0 aromatic heterocycles. The molecule has 1 heterocycles. The van der Waals surface area contributed by atoms with Crippen molar-refractivity contribution in [1.29, 1.82) is 0 Å². The Bertz CT molecular complexity index is 179. The van der Waals surface area contributed by atoms with Gasteiger partial charge in [-0.05, 0) is 58.0 Å². The van der Waals surface area contributed by atoms with Gasteiger partial charge in [0.05, 0.1) is 0 Å². The van der Waals surface area contributed by atoms with E-state index in [0.29, 0.717) is 0 Å². The topological polar surface area (TPSA) is 24.1 Å². The molecule has 2 atom stereocenters. The van der Waals surface area contributed by atoms with Crippen LogP contribution >= 0.6 is 0 Å². The first kappa shape index (κ1) is 12.4. The van der Waals surface area contributed by atoms with E-state index in [2.05, 4.69) is 17.6 Å². The molecule has 0 radical (unpaired) electrons. The Morgan fingerprint density at radius 3 is 2.56 bits per heavy atom. The van der Waals surface area contributed by atoms with Crippen molar-refractivity contribution in [2.45, 2.75) is 70.4 Å². The minimum Gasteiger partial charge on any atom is -0.317 e. The highest BCUT2D eigenvalue weighted by molar-refractivity contribution is 4.81. The van der Waals surface area contributed by atoms with Gasteiger partial charge in [-0.3, -0.25) is 0 Å². The third-order valence-electron chi connectivity index (χ3n) is 4.43. The number of hydrogen-bond donors (Lipinski definition) is 2. The van der Waals surface area contributed by atoms with Gasteiger partial charge in [0.25, 0.3) is 0 Å². The lowest BCUT2D eigenvalue weighted by molar-refractivity contribution is 0.258. The molecule has 1 aliphatic carbocycles. The van der Waals surface area contributed by atoms with Gasteiger partial charge in [0.1, 0.15) is 0 Å². The molecule has 1 saturated heterocycles. The third kappa shape index (κ3) is 3.74. The Labute approximate surface area is 101 Å². The Morgan fingerprint density at radius 1 is 0.938 bits per heavy atom. The van der Waals surface area contributed by atoms with Crippen LogP contribution in [0.4, 0.5) is 0 Å². The molecule has 2 nitrogen and oxygen atoms in total. The highest BCUT2D eigenvalue weighted by Gasteiger charge is 2.22. The maximum Gasteiger partial charge on any atom is 0.00822 e.